The number of ether oxygens (including phenoxy) is 2. The van der Waals surface area contributed by atoms with Crippen molar-refractivity contribution in [2.45, 2.75) is 40.2 Å². The van der Waals surface area contributed by atoms with Crippen molar-refractivity contribution in [1.29, 1.82) is 5.26 Å². The summed E-state index contributed by atoms with van der Waals surface area (Å²) in [5, 5.41) is 34.2. The lowest BCUT2D eigenvalue weighted by Crippen LogP contribution is -2.22. The molecule has 0 aliphatic carbocycles. The van der Waals surface area contributed by atoms with Gasteiger partial charge in [0, 0.05) is 68.0 Å². The largest absolute Gasteiger partial charge is 0.488 e. The second kappa shape index (κ2) is 17.6. The van der Waals surface area contributed by atoms with Gasteiger partial charge in [-0.25, -0.2) is 0 Å². The van der Waals surface area contributed by atoms with Crippen LogP contribution >= 0.6 is 11.6 Å². The van der Waals surface area contributed by atoms with Gasteiger partial charge in [-0.3, -0.25) is 14.3 Å². The highest BCUT2D eigenvalue weighted by Gasteiger charge is 2.16. The second-order valence-corrected chi connectivity index (χ2v) is 12.2. The van der Waals surface area contributed by atoms with E-state index < -0.39 is 0 Å². The number of halogens is 1. The molecule has 3 aromatic carbocycles. The Morgan fingerprint density at radius 1 is 0.820 bits per heavy atom. The number of nitrogens with zero attached hydrogens (tertiary/aromatic N) is 3. The Morgan fingerprint density at radius 3 is 2.28 bits per heavy atom. The van der Waals surface area contributed by atoms with Gasteiger partial charge in [0.15, 0.2) is 0 Å². The number of nitriles is 1. The van der Waals surface area contributed by atoms with Gasteiger partial charge in [-0.05, 0) is 71.5 Å². The molecule has 0 saturated carbocycles. The fourth-order valence-corrected chi connectivity index (χ4v) is 5.89. The lowest BCUT2D eigenvalue weighted by Gasteiger charge is -2.18. The molecule has 5 aromatic rings. The first-order valence-electron chi connectivity index (χ1n) is 16.3. The van der Waals surface area contributed by atoms with Crippen LogP contribution in [-0.4, -0.2) is 46.1 Å². The van der Waals surface area contributed by atoms with Crippen molar-refractivity contribution in [3.63, 3.8) is 0 Å². The number of benzene rings is 3. The zero-order chi connectivity index (χ0) is 35.5. The van der Waals surface area contributed by atoms with Crippen LogP contribution in [-0.2, 0) is 26.3 Å². The molecular formula is C39H40ClN5O5. The van der Waals surface area contributed by atoms with Gasteiger partial charge in [0.05, 0.1) is 29.5 Å². The first kappa shape index (κ1) is 36.3. The van der Waals surface area contributed by atoms with Crippen molar-refractivity contribution in [1.82, 2.24) is 20.2 Å². The first-order chi connectivity index (χ1) is 24.3. The molecule has 0 aliphatic rings. The molecule has 0 saturated heterocycles. The molecule has 4 N–H and O–H groups in total. The molecule has 0 amide bonds. The molecule has 5 rings (SSSR count). The summed E-state index contributed by atoms with van der Waals surface area (Å²) in [6.45, 7) is 6.34. The third-order valence-corrected chi connectivity index (χ3v) is 8.62. The smallest absolute Gasteiger partial charge is 0.255 e. The minimum Gasteiger partial charge on any atom is -0.488 e. The molecule has 0 aliphatic heterocycles. The zero-order valence-electron chi connectivity index (χ0n) is 28.1. The third-order valence-electron chi connectivity index (χ3n) is 8.32. The quantitative estimate of drug-likeness (QED) is 0.101. The van der Waals surface area contributed by atoms with Crippen LogP contribution in [0, 0.1) is 25.2 Å². The molecule has 258 valence electrons. The molecule has 2 aromatic heterocycles. The second-order valence-electron chi connectivity index (χ2n) is 11.7. The van der Waals surface area contributed by atoms with Gasteiger partial charge in [-0.1, -0.05) is 41.9 Å². The van der Waals surface area contributed by atoms with E-state index in [9.17, 15) is 15.2 Å². The molecule has 10 nitrogen and oxygen atoms in total. The highest BCUT2D eigenvalue weighted by atomic mass is 35.5. The number of nitrogens with one attached hydrogen (secondary N) is 2. The summed E-state index contributed by atoms with van der Waals surface area (Å²) in [4.78, 5) is 17.2. The molecule has 0 atom stereocenters. The molecule has 0 fully saturated rings. The normalized spacial score (nSPS) is 11.0. The molecule has 11 heteroatoms. The number of aromatic nitrogens is 2. The first-order valence-corrected chi connectivity index (χ1v) is 16.7. The number of rotatable bonds is 16. The maximum Gasteiger partial charge on any atom is 0.255 e. The topological polar surface area (TPSA) is 142 Å². The van der Waals surface area contributed by atoms with E-state index >= 15 is 0 Å². The van der Waals surface area contributed by atoms with Crippen molar-refractivity contribution in [3.05, 3.63) is 140 Å². The number of hydrogen-bond donors (Lipinski definition) is 4. The van der Waals surface area contributed by atoms with Crippen molar-refractivity contribution >= 4 is 11.6 Å². The van der Waals surface area contributed by atoms with Crippen LogP contribution in [0.2, 0.25) is 5.02 Å². The van der Waals surface area contributed by atoms with Crippen molar-refractivity contribution in [3.8, 4) is 34.4 Å². The molecule has 0 unspecified atom stereocenters. The Labute approximate surface area is 296 Å². The average molecular weight is 694 g/mol. The highest BCUT2D eigenvalue weighted by Crippen LogP contribution is 2.35. The molecule has 0 bridgehead atoms. The summed E-state index contributed by atoms with van der Waals surface area (Å²) >= 11 is 6.71. The Hall–Kier alpha value is -5.02. The number of aliphatic hydroxyl groups excluding tert-OH is 2. The Morgan fingerprint density at radius 2 is 1.54 bits per heavy atom. The summed E-state index contributed by atoms with van der Waals surface area (Å²) in [5.41, 5.74) is 8.51. The fraction of sp³-hybridized carbons (Fsp3) is 0.256. The SMILES string of the molecule is Cc1c(COc2cc(OCc3cncc(C#N)c3)c(CNCCO)cc2Cl)cccc1-c1cccc(-n2ccc(CNCCO)cc2=O)c1C. The van der Waals surface area contributed by atoms with E-state index in [2.05, 4.69) is 40.7 Å². The van der Waals surface area contributed by atoms with Crippen LogP contribution in [0.3, 0.4) is 0 Å². The van der Waals surface area contributed by atoms with Gasteiger partial charge >= 0.3 is 0 Å². The van der Waals surface area contributed by atoms with Gasteiger partial charge in [0.2, 0.25) is 0 Å². The summed E-state index contributed by atoms with van der Waals surface area (Å²) in [6.07, 6.45) is 4.94. The average Bonchev–Trinajstić information content (AvgIpc) is 3.12. The summed E-state index contributed by atoms with van der Waals surface area (Å²) in [7, 11) is 0. The lowest BCUT2D eigenvalue weighted by molar-refractivity contribution is 0.282. The summed E-state index contributed by atoms with van der Waals surface area (Å²) in [5.74, 6) is 1.01. The van der Waals surface area contributed by atoms with Crippen molar-refractivity contribution in [2.75, 3.05) is 26.3 Å². The predicted octanol–water partition coefficient (Wildman–Crippen LogP) is 5.36. The minimum atomic E-state index is -0.129. The molecular weight excluding hydrogens is 654 g/mol. The van der Waals surface area contributed by atoms with E-state index in [0.717, 1.165) is 50.2 Å². The van der Waals surface area contributed by atoms with E-state index in [0.29, 0.717) is 48.3 Å². The van der Waals surface area contributed by atoms with Crippen molar-refractivity contribution in [2.24, 2.45) is 0 Å². The van der Waals surface area contributed by atoms with Gasteiger partial charge < -0.3 is 30.3 Å². The minimum absolute atomic E-state index is 0.00373. The zero-order valence-corrected chi connectivity index (χ0v) is 28.8. The molecule has 50 heavy (non-hydrogen) atoms. The van der Waals surface area contributed by atoms with Gasteiger partial charge in [0.25, 0.3) is 5.56 Å². The van der Waals surface area contributed by atoms with Crippen LogP contribution in [0.15, 0.2) is 90.1 Å². The number of pyridine rings is 2. The Bertz CT molecular complexity index is 2040. The van der Waals surface area contributed by atoms with Gasteiger partial charge in [-0.2, -0.15) is 5.26 Å². The number of aliphatic hydroxyl groups is 2. The van der Waals surface area contributed by atoms with Gasteiger partial charge in [0.1, 0.15) is 30.8 Å². The van der Waals surface area contributed by atoms with Gasteiger partial charge in [-0.15, -0.1) is 0 Å². The molecule has 0 spiro atoms. The van der Waals surface area contributed by atoms with Crippen LogP contribution in [0.4, 0.5) is 0 Å². The number of hydrogen-bond acceptors (Lipinski definition) is 9. The lowest BCUT2D eigenvalue weighted by atomic mass is 9.93. The summed E-state index contributed by atoms with van der Waals surface area (Å²) < 4.78 is 14.1. The Kier molecular flexibility index (Phi) is 12.8. The van der Waals surface area contributed by atoms with E-state index in [1.807, 2.05) is 37.3 Å². The molecule has 0 radical (unpaired) electrons. The van der Waals surface area contributed by atoms with E-state index in [1.165, 1.54) is 6.20 Å². The predicted molar refractivity (Wildman–Crippen MR) is 194 cm³/mol. The van der Waals surface area contributed by atoms with Crippen LogP contribution in [0.5, 0.6) is 11.5 Å². The Balaban J connectivity index is 1.38. The third kappa shape index (κ3) is 8.95. The summed E-state index contributed by atoms with van der Waals surface area (Å²) in [6, 6.07) is 22.9. The van der Waals surface area contributed by atoms with E-state index in [1.54, 1.807) is 41.2 Å². The van der Waals surface area contributed by atoms with Crippen LogP contribution in [0.1, 0.15) is 38.9 Å². The van der Waals surface area contributed by atoms with Crippen LogP contribution < -0.4 is 25.7 Å². The maximum atomic E-state index is 13.1. The monoisotopic (exact) mass is 693 g/mol. The standard InChI is InChI=1S/C39H40ClN5O5/c1-26-31(5-3-6-33(26)34-7-4-8-36(27(34)2)45-12-9-28(16-39(45)48)20-42-10-13-46)25-50-38-18-37(32(17-35(38)40)23-43-11-14-47)49-24-30-15-29(19-41)21-44-22-30/h3-9,12,15-18,21-22,42-43,46-47H,10-11,13-14,20,23-25H2,1-2H3. The van der Waals surface area contributed by atoms with Crippen LogP contribution in [0.25, 0.3) is 16.8 Å². The maximum absolute atomic E-state index is 13.1. The van der Waals surface area contributed by atoms with Crippen molar-refractivity contribution < 1.29 is 19.7 Å². The highest BCUT2D eigenvalue weighted by molar-refractivity contribution is 6.32. The fourth-order valence-electron chi connectivity index (χ4n) is 5.65. The van der Waals surface area contributed by atoms with E-state index in [-0.39, 0.29) is 32.0 Å². The van der Waals surface area contributed by atoms with E-state index in [4.69, 9.17) is 26.2 Å². The molecule has 2 heterocycles.